The molecule has 0 spiro atoms. The van der Waals surface area contributed by atoms with Gasteiger partial charge in [0.1, 0.15) is 0 Å². The van der Waals surface area contributed by atoms with Crippen LogP contribution in [-0.2, 0) is 4.84 Å². The van der Waals surface area contributed by atoms with E-state index in [1.54, 1.807) is 0 Å². The van der Waals surface area contributed by atoms with Gasteiger partial charge in [-0.2, -0.15) is 0 Å². The highest BCUT2D eigenvalue weighted by Gasteiger charge is 1.99. The lowest BCUT2D eigenvalue weighted by molar-refractivity contribution is -0.105. The summed E-state index contributed by atoms with van der Waals surface area (Å²) in [6.45, 7) is 5.55. The fourth-order valence-corrected chi connectivity index (χ4v) is 0.438. The minimum absolute atomic E-state index is 0.520. The molecule has 0 radical (unpaired) electrons. The van der Waals surface area contributed by atoms with Crippen LogP contribution >= 0.6 is 0 Å². The van der Waals surface area contributed by atoms with Gasteiger partial charge in [-0.05, 0) is 13.3 Å². The maximum absolute atomic E-state index is 8.72. The molecule has 0 aromatic rings. The van der Waals surface area contributed by atoms with Crippen LogP contribution in [-0.4, -0.2) is 11.4 Å². The van der Waals surface area contributed by atoms with E-state index in [2.05, 4.69) is 17.3 Å². The van der Waals surface area contributed by atoms with E-state index < -0.39 is 6.29 Å². The molecule has 0 saturated carbocycles. The molecule has 54 valence electrons. The molecule has 1 atom stereocenters. The van der Waals surface area contributed by atoms with E-state index in [1.165, 1.54) is 0 Å². The Hall–Kier alpha value is -0.380. The molecule has 3 heteroatoms. The number of aliphatic hydroxyl groups is 1. The van der Waals surface area contributed by atoms with Gasteiger partial charge in [0.15, 0.2) is 6.29 Å². The van der Waals surface area contributed by atoms with Gasteiger partial charge in [0, 0.05) is 6.42 Å². The molecule has 0 amide bonds. The topological polar surface area (TPSA) is 55.5 Å². The summed E-state index contributed by atoms with van der Waals surface area (Å²) in [5.74, 6) is 4.68. The normalized spacial score (nSPS) is 13.2. The van der Waals surface area contributed by atoms with Gasteiger partial charge in [0.05, 0.1) is 0 Å². The van der Waals surface area contributed by atoms with Crippen molar-refractivity contribution in [1.29, 1.82) is 0 Å². The van der Waals surface area contributed by atoms with E-state index in [0.29, 0.717) is 6.42 Å². The highest BCUT2D eigenvalue weighted by atomic mass is 16.7. The molecule has 0 aromatic heterocycles. The highest BCUT2D eigenvalue weighted by molar-refractivity contribution is 4.87. The van der Waals surface area contributed by atoms with E-state index in [1.807, 2.05) is 6.92 Å². The molecule has 0 aliphatic heterocycles. The molecule has 0 aromatic carbocycles. The van der Waals surface area contributed by atoms with E-state index in [9.17, 15) is 0 Å². The van der Waals surface area contributed by atoms with E-state index in [4.69, 9.17) is 5.11 Å². The molecule has 3 N–H and O–H groups in total. The minimum Gasteiger partial charge on any atom is -0.366 e. The second-order valence-corrected chi connectivity index (χ2v) is 2.09. The molecular formula is C6H13NO2. The quantitative estimate of drug-likeness (QED) is 0.333. The molecule has 3 nitrogen and oxygen atoms in total. The van der Waals surface area contributed by atoms with Gasteiger partial charge < -0.3 is 5.11 Å². The monoisotopic (exact) mass is 131 g/mol. The Morgan fingerprint density at radius 1 is 1.89 bits per heavy atom. The second kappa shape index (κ2) is 4.49. The first-order valence-corrected chi connectivity index (χ1v) is 2.84. The third-order valence-electron chi connectivity index (χ3n) is 0.975. The van der Waals surface area contributed by atoms with Crippen LogP contribution in [0.2, 0.25) is 0 Å². The Labute approximate surface area is 55.1 Å². The fraction of sp³-hybridized carbons (Fsp3) is 0.667. The summed E-state index contributed by atoms with van der Waals surface area (Å²) in [6, 6.07) is 0. The van der Waals surface area contributed by atoms with Gasteiger partial charge >= 0.3 is 0 Å². The maximum atomic E-state index is 8.72. The summed E-state index contributed by atoms with van der Waals surface area (Å²) in [6.07, 6.45) is 0.422. The molecule has 0 saturated heterocycles. The fourth-order valence-electron chi connectivity index (χ4n) is 0.438. The van der Waals surface area contributed by atoms with E-state index >= 15 is 0 Å². The summed E-state index contributed by atoms with van der Waals surface area (Å²) in [5.41, 5.74) is 1.02. The molecular weight excluding hydrogens is 118 g/mol. The maximum Gasteiger partial charge on any atom is 0.174 e. The lowest BCUT2D eigenvalue weighted by atomic mass is 10.2. The lowest BCUT2D eigenvalue weighted by Gasteiger charge is -2.05. The van der Waals surface area contributed by atoms with Crippen LogP contribution in [0.15, 0.2) is 12.2 Å². The van der Waals surface area contributed by atoms with Crippen LogP contribution in [0.4, 0.5) is 0 Å². The molecule has 1 unspecified atom stereocenters. The Morgan fingerprint density at radius 2 is 2.44 bits per heavy atom. The van der Waals surface area contributed by atoms with Gasteiger partial charge in [0.2, 0.25) is 0 Å². The molecule has 0 aliphatic rings. The lowest BCUT2D eigenvalue weighted by Crippen LogP contribution is -2.15. The van der Waals surface area contributed by atoms with Gasteiger partial charge in [-0.1, -0.05) is 5.57 Å². The first kappa shape index (κ1) is 8.62. The molecule has 9 heavy (non-hydrogen) atoms. The number of aliphatic hydroxyl groups excluding tert-OH is 1. The molecule has 0 heterocycles. The zero-order valence-electron chi connectivity index (χ0n) is 5.63. The predicted octanol–water partition coefficient (Wildman–Crippen LogP) is 0.551. The largest absolute Gasteiger partial charge is 0.366 e. The second-order valence-electron chi connectivity index (χ2n) is 2.09. The summed E-state index contributed by atoms with van der Waals surface area (Å²) in [7, 11) is 0. The van der Waals surface area contributed by atoms with Crippen molar-refractivity contribution >= 4 is 0 Å². The number of rotatable bonds is 4. The average molecular weight is 131 g/mol. The Bertz CT molecular complexity index is 93.1. The van der Waals surface area contributed by atoms with Crippen molar-refractivity contribution in [3.8, 4) is 0 Å². The number of nitrogens with two attached hydrogens (primary N) is 1. The molecule has 0 bridgehead atoms. The molecule has 0 aliphatic carbocycles. The summed E-state index contributed by atoms with van der Waals surface area (Å²) < 4.78 is 0. The van der Waals surface area contributed by atoms with Crippen LogP contribution in [0.5, 0.6) is 0 Å². The van der Waals surface area contributed by atoms with Gasteiger partial charge in [-0.25, -0.2) is 5.90 Å². The Morgan fingerprint density at radius 3 is 2.78 bits per heavy atom. The zero-order chi connectivity index (χ0) is 7.28. The van der Waals surface area contributed by atoms with Crippen molar-refractivity contribution in [3.63, 3.8) is 0 Å². The SMILES string of the molecule is C=C(C)CCC(O)ON. The third-order valence-corrected chi connectivity index (χ3v) is 0.975. The summed E-state index contributed by atoms with van der Waals surface area (Å²) in [4.78, 5) is 4.12. The van der Waals surface area contributed by atoms with Crippen LogP contribution in [0.3, 0.4) is 0 Å². The predicted molar refractivity (Wildman–Crippen MR) is 35.3 cm³/mol. The van der Waals surface area contributed by atoms with Crippen LogP contribution in [0.1, 0.15) is 19.8 Å². The zero-order valence-corrected chi connectivity index (χ0v) is 5.63. The summed E-state index contributed by atoms with van der Waals surface area (Å²) in [5, 5.41) is 8.72. The van der Waals surface area contributed by atoms with E-state index in [0.717, 1.165) is 12.0 Å². The summed E-state index contributed by atoms with van der Waals surface area (Å²) >= 11 is 0. The van der Waals surface area contributed by atoms with Crippen molar-refractivity contribution < 1.29 is 9.94 Å². The van der Waals surface area contributed by atoms with Crippen molar-refractivity contribution in [2.45, 2.75) is 26.1 Å². The van der Waals surface area contributed by atoms with Gasteiger partial charge in [-0.3, -0.25) is 4.84 Å². The number of hydrogen-bond acceptors (Lipinski definition) is 3. The molecule has 0 rings (SSSR count). The van der Waals surface area contributed by atoms with Crippen LogP contribution < -0.4 is 5.90 Å². The van der Waals surface area contributed by atoms with Crippen molar-refractivity contribution in [1.82, 2.24) is 0 Å². The first-order valence-electron chi connectivity index (χ1n) is 2.84. The molecule has 0 fully saturated rings. The number of hydrogen-bond donors (Lipinski definition) is 2. The van der Waals surface area contributed by atoms with Gasteiger partial charge in [0.25, 0.3) is 0 Å². The standard InChI is InChI=1S/C6H13NO2/c1-5(2)3-4-6(8)9-7/h6,8H,1,3-4,7H2,2H3. The van der Waals surface area contributed by atoms with Crippen molar-refractivity contribution in [2.24, 2.45) is 5.90 Å². The third kappa shape index (κ3) is 5.49. The average Bonchev–Trinajstić information content (AvgIpc) is 1.83. The first-order chi connectivity index (χ1) is 4.16. The van der Waals surface area contributed by atoms with Crippen molar-refractivity contribution in [3.05, 3.63) is 12.2 Å². The van der Waals surface area contributed by atoms with Crippen LogP contribution in [0, 0.1) is 0 Å². The Balaban J connectivity index is 3.16. The smallest absolute Gasteiger partial charge is 0.174 e. The van der Waals surface area contributed by atoms with E-state index in [-0.39, 0.29) is 0 Å². The van der Waals surface area contributed by atoms with Crippen LogP contribution in [0.25, 0.3) is 0 Å². The number of allylic oxidation sites excluding steroid dienone is 1. The van der Waals surface area contributed by atoms with Crippen molar-refractivity contribution in [2.75, 3.05) is 0 Å². The van der Waals surface area contributed by atoms with Gasteiger partial charge in [-0.15, -0.1) is 6.58 Å². The Kier molecular flexibility index (Phi) is 4.30. The minimum atomic E-state index is -0.846. The highest BCUT2D eigenvalue weighted by Crippen LogP contribution is 2.03.